The number of thioether (sulfide) groups is 1. The highest BCUT2D eigenvalue weighted by molar-refractivity contribution is 7.99. The predicted octanol–water partition coefficient (Wildman–Crippen LogP) is 1.41. The highest BCUT2D eigenvalue weighted by atomic mass is 32.2. The molecule has 0 bridgehead atoms. The Labute approximate surface area is 209 Å². The van der Waals surface area contributed by atoms with Crippen molar-refractivity contribution in [2.45, 2.75) is 83.8 Å². The van der Waals surface area contributed by atoms with Crippen molar-refractivity contribution in [1.29, 1.82) is 5.26 Å². The minimum absolute atomic E-state index is 0.00486. The summed E-state index contributed by atoms with van der Waals surface area (Å²) in [7, 11) is 0. The van der Waals surface area contributed by atoms with Gasteiger partial charge in [0, 0.05) is 32.6 Å². The molecule has 0 amide bonds. The van der Waals surface area contributed by atoms with E-state index in [1.807, 2.05) is 19.9 Å². The van der Waals surface area contributed by atoms with Crippen molar-refractivity contribution in [3.8, 4) is 6.07 Å². The normalized spacial score (nSPS) is 37.1. The molecule has 2 heterocycles. The van der Waals surface area contributed by atoms with Crippen molar-refractivity contribution in [1.82, 2.24) is 0 Å². The maximum Gasteiger partial charge on any atom is 0.303 e. The molecule has 0 aromatic rings. The maximum absolute atomic E-state index is 11.8. The molecule has 1 N–H and O–H groups in total. The summed E-state index contributed by atoms with van der Waals surface area (Å²) < 4.78 is 34.0. The molecule has 2 aliphatic rings. The second-order valence-electron chi connectivity index (χ2n) is 8.90. The van der Waals surface area contributed by atoms with Crippen LogP contribution in [0.15, 0.2) is 0 Å². The largest absolute Gasteiger partial charge is 0.463 e. The molecule has 2 saturated heterocycles. The summed E-state index contributed by atoms with van der Waals surface area (Å²) in [6, 6.07) is 2.05. The average Bonchev–Trinajstić information content (AvgIpc) is 2.78. The van der Waals surface area contributed by atoms with Crippen LogP contribution in [0.3, 0.4) is 0 Å². The van der Waals surface area contributed by atoms with Crippen molar-refractivity contribution in [3.05, 3.63) is 0 Å². The smallest absolute Gasteiger partial charge is 0.303 e. The minimum Gasteiger partial charge on any atom is -0.463 e. The lowest BCUT2D eigenvalue weighted by Gasteiger charge is -2.48. The van der Waals surface area contributed by atoms with Gasteiger partial charge >= 0.3 is 17.9 Å². The number of carbonyl (C=O) groups is 3. The van der Waals surface area contributed by atoms with Crippen molar-refractivity contribution in [3.63, 3.8) is 0 Å². The van der Waals surface area contributed by atoms with Crippen LogP contribution in [0.5, 0.6) is 0 Å². The third-order valence-electron chi connectivity index (χ3n) is 6.29. The number of nitriles is 1. The number of carbonyl (C=O) groups excluding carboxylic acids is 3. The van der Waals surface area contributed by atoms with Crippen LogP contribution < -0.4 is 0 Å². The molecule has 2 fully saturated rings. The first-order valence-corrected chi connectivity index (χ1v) is 12.6. The molecule has 198 valence electrons. The monoisotopic (exact) mass is 517 g/mol. The third kappa shape index (κ3) is 8.05. The molecule has 2 aliphatic heterocycles. The van der Waals surface area contributed by atoms with Gasteiger partial charge in [0.2, 0.25) is 0 Å². The van der Waals surface area contributed by atoms with E-state index in [1.54, 1.807) is 6.92 Å². The second kappa shape index (κ2) is 13.4. The molecule has 0 saturated carbocycles. The molecule has 0 radical (unpaired) electrons. The summed E-state index contributed by atoms with van der Waals surface area (Å²) >= 11 is 1.24. The zero-order valence-corrected chi connectivity index (χ0v) is 21.7. The van der Waals surface area contributed by atoms with Gasteiger partial charge in [-0.1, -0.05) is 20.8 Å². The van der Waals surface area contributed by atoms with Crippen LogP contribution in [0.4, 0.5) is 0 Å². The second-order valence-corrected chi connectivity index (χ2v) is 9.99. The standard InChI is InChI=1S/C23H35NO10S/c1-11-12(2)21(31-16(6)27)22(32-17(11)9-29-14(4)25)34-20-13(3)23(35-8-7-24)33-18(19(20)28)10-30-15(5)26/h11-13,17-23,28H,8-10H2,1-6H3/t11-,12+,13?,17?,18?,19-,20-,21?,22+,23+/m1/s1. The van der Waals surface area contributed by atoms with Gasteiger partial charge in [0.15, 0.2) is 12.4 Å². The van der Waals surface area contributed by atoms with Gasteiger partial charge in [-0.05, 0) is 5.92 Å². The van der Waals surface area contributed by atoms with E-state index in [0.717, 1.165) is 0 Å². The highest BCUT2D eigenvalue weighted by Gasteiger charge is 2.50. The van der Waals surface area contributed by atoms with Gasteiger partial charge in [-0.3, -0.25) is 14.4 Å². The summed E-state index contributed by atoms with van der Waals surface area (Å²) in [6.07, 6.45) is -5.35. The van der Waals surface area contributed by atoms with Crippen LogP contribution in [0.1, 0.15) is 41.5 Å². The van der Waals surface area contributed by atoms with Gasteiger partial charge in [-0.25, -0.2) is 0 Å². The molecule has 12 heteroatoms. The summed E-state index contributed by atoms with van der Waals surface area (Å²) in [4.78, 5) is 34.5. The molecule has 0 aromatic carbocycles. The zero-order chi connectivity index (χ0) is 26.3. The lowest BCUT2D eigenvalue weighted by atomic mass is 9.83. The fourth-order valence-electron chi connectivity index (χ4n) is 4.18. The lowest BCUT2D eigenvalue weighted by Crippen LogP contribution is -2.60. The van der Waals surface area contributed by atoms with Gasteiger partial charge < -0.3 is 33.5 Å². The topological polar surface area (TPSA) is 151 Å². The van der Waals surface area contributed by atoms with E-state index in [-0.39, 0.29) is 30.8 Å². The van der Waals surface area contributed by atoms with E-state index >= 15 is 0 Å². The highest BCUT2D eigenvalue weighted by Crippen LogP contribution is 2.39. The molecule has 0 spiro atoms. The van der Waals surface area contributed by atoms with E-state index in [1.165, 1.54) is 32.5 Å². The third-order valence-corrected chi connectivity index (χ3v) is 7.46. The molecule has 0 aromatic heterocycles. The van der Waals surface area contributed by atoms with Crippen LogP contribution in [0.25, 0.3) is 0 Å². The average molecular weight is 518 g/mol. The number of rotatable bonds is 9. The first-order chi connectivity index (χ1) is 16.5. The molecule has 11 nitrogen and oxygen atoms in total. The van der Waals surface area contributed by atoms with E-state index < -0.39 is 66.1 Å². The number of ether oxygens (including phenoxy) is 6. The predicted molar refractivity (Wildman–Crippen MR) is 123 cm³/mol. The summed E-state index contributed by atoms with van der Waals surface area (Å²) in [6.45, 7) is 9.22. The van der Waals surface area contributed by atoms with Crippen LogP contribution in [0.2, 0.25) is 0 Å². The SMILES string of the molecule is CC(=O)OCC1O[C@@H](SCC#N)C(C)[C@@H](O[C@@H]2OC(COC(C)=O)[C@H](C)[C@H](C)C2OC(C)=O)[C@@H]1O. The van der Waals surface area contributed by atoms with Gasteiger partial charge in [-0.2, -0.15) is 5.26 Å². The molecular formula is C23H35NO10S. The van der Waals surface area contributed by atoms with Crippen LogP contribution in [0, 0.1) is 29.1 Å². The van der Waals surface area contributed by atoms with E-state index in [0.29, 0.717) is 0 Å². The van der Waals surface area contributed by atoms with Crippen molar-refractivity contribution in [2.24, 2.45) is 17.8 Å². The number of esters is 3. The number of aliphatic hydroxyl groups is 1. The van der Waals surface area contributed by atoms with Crippen molar-refractivity contribution >= 4 is 29.7 Å². The fraction of sp³-hybridized carbons (Fsp3) is 0.826. The van der Waals surface area contributed by atoms with Crippen LogP contribution in [-0.2, 0) is 42.8 Å². The first kappa shape index (κ1) is 29.3. The Balaban J connectivity index is 2.29. The number of nitrogens with zero attached hydrogens (tertiary/aromatic N) is 1. The molecular weight excluding hydrogens is 482 g/mol. The van der Waals surface area contributed by atoms with E-state index in [4.69, 9.17) is 33.7 Å². The quantitative estimate of drug-likeness (QED) is 0.348. The molecule has 10 atom stereocenters. The Morgan fingerprint density at radius 3 is 2.03 bits per heavy atom. The Bertz CT molecular complexity index is 787. The minimum atomic E-state index is -1.20. The first-order valence-electron chi connectivity index (χ1n) is 11.5. The fourth-order valence-corrected chi connectivity index (χ4v) is 5.09. The maximum atomic E-state index is 11.8. The summed E-state index contributed by atoms with van der Waals surface area (Å²) in [5, 5.41) is 20.1. The molecule has 35 heavy (non-hydrogen) atoms. The van der Waals surface area contributed by atoms with Crippen molar-refractivity contribution in [2.75, 3.05) is 19.0 Å². The Hall–Kier alpha value is -1.91. The van der Waals surface area contributed by atoms with Crippen molar-refractivity contribution < 1.29 is 47.9 Å². The van der Waals surface area contributed by atoms with Gasteiger partial charge in [0.05, 0.1) is 24.0 Å². The number of hydrogen-bond donors (Lipinski definition) is 1. The van der Waals surface area contributed by atoms with E-state index in [2.05, 4.69) is 0 Å². The van der Waals surface area contributed by atoms with Crippen LogP contribution >= 0.6 is 11.8 Å². The lowest BCUT2D eigenvalue weighted by molar-refractivity contribution is -0.319. The number of aliphatic hydroxyl groups excluding tert-OH is 1. The van der Waals surface area contributed by atoms with E-state index in [9.17, 15) is 19.5 Å². The summed E-state index contributed by atoms with van der Waals surface area (Å²) in [5.74, 6) is -2.10. The molecule has 4 unspecified atom stereocenters. The summed E-state index contributed by atoms with van der Waals surface area (Å²) in [5.41, 5.74) is -0.535. The van der Waals surface area contributed by atoms with Gasteiger partial charge in [-0.15, -0.1) is 11.8 Å². The van der Waals surface area contributed by atoms with Gasteiger partial charge in [0.25, 0.3) is 0 Å². The Morgan fingerprint density at radius 2 is 1.49 bits per heavy atom. The molecule has 0 aliphatic carbocycles. The Kier molecular flexibility index (Phi) is 11.2. The number of hydrogen-bond acceptors (Lipinski definition) is 12. The zero-order valence-electron chi connectivity index (χ0n) is 20.9. The van der Waals surface area contributed by atoms with Crippen LogP contribution in [-0.4, -0.2) is 84.2 Å². The van der Waals surface area contributed by atoms with Gasteiger partial charge in [0.1, 0.15) is 30.9 Å². The molecule has 2 rings (SSSR count). The Morgan fingerprint density at radius 1 is 0.886 bits per heavy atom.